The van der Waals surface area contributed by atoms with Crippen LogP contribution in [0.2, 0.25) is 0 Å². The molecule has 0 unspecified atom stereocenters. The van der Waals surface area contributed by atoms with Crippen LogP contribution < -0.4 is 0 Å². The van der Waals surface area contributed by atoms with Crippen molar-refractivity contribution in [2.45, 2.75) is 23.0 Å². The van der Waals surface area contributed by atoms with Crippen LogP contribution in [0.15, 0.2) is 58.8 Å². The third-order valence-electron chi connectivity index (χ3n) is 5.61. The van der Waals surface area contributed by atoms with E-state index in [1.165, 1.54) is 11.3 Å². The Balaban J connectivity index is 1.52. The molecule has 142 valence electrons. The fourth-order valence-corrected chi connectivity index (χ4v) is 7.00. The molecule has 1 saturated heterocycles. The first-order chi connectivity index (χ1) is 13.4. The lowest BCUT2D eigenvalue weighted by Gasteiger charge is -2.17. The van der Waals surface area contributed by atoms with Gasteiger partial charge in [0.25, 0.3) is 5.91 Å². The van der Waals surface area contributed by atoms with E-state index in [9.17, 15) is 13.2 Å². The second kappa shape index (κ2) is 6.25. The Morgan fingerprint density at radius 1 is 1.11 bits per heavy atom. The molecular weight excluding hydrogens is 392 g/mol. The molecule has 0 aliphatic carbocycles. The summed E-state index contributed by atoms with van der Waals surface area (Å²) < 4.78 is 26.1. The highest BCUT2D eigenvalue weighted by atomic mass is 32.2. The summed E-state index contributed by atoms with van der Waals surface area (Å²) in [5.74, 6) is -0.373. The van der Waals surface area contributed by atoms with Crippen molar-refractivity contribution in [1.82, 2.24) is 9.88 Å². The van der Waals surface area contributed by atoms with Gasteiger partial charge in [-0.2, -0.15) is 0 Å². The van der Waals surface area contributed by atoms with Crippen LogP contribution in [0.5, 0.6) is 0 Å². The molecular formula is C21H18N2O3S2. The Kier molecular flexibility index (Phi) is 3.93. The van der Waals surface area contributed by atoms with Crippen LogP contribution in [0.25, 0.3) is 11.1 Å². The van der Waals surface area contributed by atoms with Gasteiger partial charge in [-0.1, -0.05) is 36.4 Å². The van der Waals surface area contributed by atoms with Gasteiger partial charge in [-0.15, -0.1) is 11.3 Å². The zero-order chi connectivity index (χ0) is 19.5. The number of hydrogen-bond acceptors (Lipinski definition) is 5. The molecule has 1 amide bonds. The first-order valence-electron chi connectivity index (χ1n) is 9.10. The van der Waals surface area contributed by atoms with E-state index in [2.05, 4.69) is 4.98 Å². The number of fused-ring (bicyclic) bond motifs is 3. The van der Waals surface area contributed by atoms with E-state index in [1.54, 1.807) is 16.3 Å². The van der Waals surface area contributed by atoms with Crippen molar-refractivity contribution in [1.29, 1.82) is 0 Å². The molecule has 28 heavy (non-hydrogen) atoms. The summed E-state index contributed by atoms with van der Waals surface area (Å²) in [7, 11) is -3.44. The van der Waals surface area contributed by atoms with E-state index < -0.39 is 15.1 Å². The number of nitrogens with zero attached hydrogens (tertiary/aromatic N) is 2. The van der Waals surface area contributed by atoms with Gasteiger partial charge in [-0.05, 0) is 35.7 Å². The lowest BCUT2D eigenvalue weighted by atomic mass is 9.94. The van der Waals surface area contributed by atoms with Crippen molar-refractivity contribution < 1.29 is 13.2 Å². The smallest absolute Gasteiger partial charge is 0.273 e. The standard InChI is InChI=1S/C21H18N2O3S2/c1-13-22-18(12-27-13)21(24)23-10-17-16-9-15(14-5-3-2-4-6-14)7-8-19(16)28(25,26)20(17)11-23/h2-9,12,17,20H,10-11H2,1H3/t17-,20+/m1/s1. The number of carbonyl (C=O) groups excluding carboxylic acids is 1. The Hall–Kier alpha value is -2.51. The fraction of sp³-hybridized carbons (Fsp3) is 0.238. The molecule has 5 rings (SSSR count). The number of hydrogen-bond donors (Lipinski definition) is 0. The van der Waals surface area contributed by atoms with Gasteiger partial charge in [-0.3, -0.25) is 4.79 Å². The first kappa shape index (κ1) is 17.6. The molecule has 5 nitrogen and oxygen atoms in total. The van der Waals surface area contributed by atoms with Crippen LogP contribution >= 0.6 is 11.3 Å². The summed E-state index contributed by atoms with van der Waals surface area (Å²) >= 11 is 1.42. The molecule has 0 saturated carbocycles. The second-order valence-electron chi connectivity index (χ2n) is 7.27. The molecule has 2 aliphatic heterocycles. The number of amides is 1. The molecule has 7 heteroatoms. The molecule has 1 fully saturated rings. The van der Waals surface area contributed by atoms with Gasteiger partial charge in [0.1, 0.15) is 5.69 Å². The predicted octanol–water partition coefficient (Wildman–Crippen LogP) is 3.51. The van der Waals surface area contributed by atoms with Crippen molar-refractivity contribution >= 4 is 27.1 Å². The molecule has 0 bridgehead atoms. The number of carbonyl (C=O) groups is 1. The maximum Gasteiger partial charge on any atom is 0.273 e. The summed E-state index contributed by atoms with van der Waals surface area (Å²) in [6.45, 7) is 2.48. The average molecular weight is 411 g/mol. The van der Waals surface area contributed by atoms with Crippen LogP contribution in [0.3, 0.4) is 0 Å². The maximum atomic E-state index is 13.1. The highest BCUT2D eigenvalue weighted by molar-refractivity contribution is 7.92. The Labute approximate surface area is 167 Å². The van der Waals surface area contributed by atoms with Gasteiger partial charge in [0.2, 0.25) is 0 Å². The maximum absolute atomic E-state index is 13.1. The lowest BCUT2D eigenvalue weighted by Crippen LogP contribution is -2.31. The molecule has 0 spiro atoms. The number of rotatable bonds is 2. The van der Waals surface area contributed by atoms with E-state index in [1.807, 2.05) is 49.4 Å². The number of thiazole rings is 1. The Morgan fingerprint density at radius 3 is 2.61 bits per heavy atom. The zero-order valence-electron chi connectivity index (χ0n) is 15.2. The van der Waals surface area contributed by atoms with Crippen molar-refractivity contribution in [3.05, 3.63) is 70.2 Å². The Morgan fingerprint density at radius 2 is 1.89 bits per heavy atom. The quantitative estimate of drug-likeness (QED) is 0.648. The van der Waals surface area contributed by atoms with E-state index in [4.69, 9.17) is 0 Å². The van der Waals surface area contributed by atoms with Crippen LogP contribution in [0.4, 0.5) is 0 Å². The third kappa shape index (κ3) is 2.61. The van der Waals surface area contributed by atoms with Crippen molar-refractivity contribution in [3.63, 3.8) is 0 Å². The molecule has 3 aromatic rings. The summed E-state index contributed by atoms with van der Waals surface area (Å²) in [4.78, 5) is 19.1. The molecule has 0 radical (unpaired) electrons. The van der Waals surface area contributed by atoms with Crippen molar-refractivity contribution in [2.24, 2.45) is 0 Å². The number of likely N-dealkylation sites (tertiary alicyclic amines) is 1. The topological polar surface area (TPSA) is 67.3 Å². The van der Waals surface area contributed by atoms with E-state index in [-0.39, 0.29) is 18.4 Å². The first-order valence-corrected chi connectivity index (χ1v) is 11.5. The van der Waals surface area contributed by atoms with Gasteiger partial charge >= 0.3 is 0 Å². The van der Waals surface area contributed by atoms with E-state index in [0.717, 1.165) is 21.7 Å². The van der Waals surface area contributed by atoms with Gasteiger partial charge in [0.15, 0.2) is 9.84 Å². The largest absolute Gasteiger partial charge is 0.335 e. The normalized spacial score (nSPS) is 22.1. The molecule has 0 N–H and O–H groups in total. The highest BCUT2D eigenvalue weighted by Gasteiger charge is 2.51. The van der Waals surface area contributed by atoms with Crippen molar-refractivity contribution in [2.75, 3.05) is 13.1 Å². The lowest BCUT2D eigenvalue weighted by molar-refractivity contribution is 0.0785. The van der Waals surface area contributed by atoms with E-state index in [0.29, 0.717) is 17.1 Å². The van der Waals surface area contributed by atoms with Gasteiger partial charge in [0, 0.05) is 24.4 Å². The molecule has 3 heterocycles. The van der Waals surface area contributed by atoms with Crippen LogP contribution in [-0.4, -0.2) is 42.5 Å². The number of benzene rings is 2. The summed E-state index contributed by atoms with van der Waals surface area (Å²) in [6, 6.07) is 15.5. The zero-order valence-corrected chi connectivity index (χ0v) is 16.8. The van der Waals surface area contributed by atoms with Crippen LogP contribution in [0.1, 0.15) is 27.0 Å². The molecule has 2 atom stereocenters. The van der Waals surface area contributed by atoms with Crippen molar-refractivity contribution in [3.8, 4) is 11.1 Å². The van der Waals surface area contributed by atoms with Crippen LogP contribution in [0, 0.1) is 6.92 Å². The summed E-state index contributed by atoms with van der Waals surface area (Å²) in [5, 5.41) is 1.99. The summed E-state index contributed by atoms with van der Waals surface area (Å²) in [5.41, 5.74) is 3.28. The minimum Gasteiger partial charge on any atom is -0.335 e. The monoisotopic (exact) mass is 410 g/mol. The molecule has 2 aromatic carbocycles. The number of aromatic nitrogens is 1. The minimum atomic E-state index is -3.44. The van der Waals surface area contributed by atoms with Gasteiger partial charge < -0.3 is 4.90 Å². The minimum absolute atomic E-state index is 0.185. The van der Waals surface area contributed by atoms with Gasteiger partial charge in [0.05, 0.1) is 15.2 Å². The van der Waals surface area contributed by atoms with Crippen LogP contribution in [-0.2, 0) is 9.84 Å². The SMILES string of the molecule is Cc1nc(C(=O)N2C[C@@H]3c4cc(-c5ccccc5)ccc4S(=O)(=O)[C@H]3C2)cs1. The average Bonchev–Trinajstić information content (AvgIpc) is 3.38. The van der Waals surface area contributed by atoms with Gasteiger partial charge in [-0.25, -0.2) is 13.4 Å². The highest BCUT2D eigenvalue weighted by Crippen LogP contribution is 2.46. The number of sulfone groups is 1. The Bertz CT molecular complexity index is 1190. The third-order valence-corrected chi connectivity index (χ3v) is 8.65. The molecule has 2 aliphatic rings. The fourth-order valence-electron chi connectivity index (χ4n) is 4.25. The van der Waals surface area contributed by atoms with E-state index >= 15 is 0 Å². The molecule has 1 aromatic heterocycles. The summed E-state index contributed by atoms with van der Waals surface area (Å²) in [6.07, 6.45) is 0. The predicted molar refractivity (Wildman–Crippen MR) is 108 cm³/mol. The second-order valence-corrected chi connectivity index (χ2v) is 10.5. The number of aryl methyl sites for hydroxylation is 1.